The van der Waals surface area contributed by atoms with Gasteiger partial charge in [-0.25, -0.2) is 0 Å². The van der Waals surface area contributed by atoms with E-state index >= 15 is 0 Å². The van der Waals surface area contributed by atoms with Gasteiger partial charge in [0.05, 0.1) is 5.97 Å². The van der Waals surface area contributed by atoms with Gasteiger partial charge in [0, 0.05) is 0 Å². The SMILES string of the molecule is O=C([O-])c1ccc2c(ccc3ccccc32)c1.[Na+]. The second kappa shape index (κ2) is 5.11. The van der Waals surface area contributed by atoms with Crippen LogP contribution in [-0.2, 0) is 0 Å². The van der Waals surface area contributed by atoms with E-state index in [1.54, 1.807) is 12.1 Å². The summed E-state index contributed by atoms with van der Waals surface area (Å²) in [6.07, 6.45) is 0. The Morgan fingerprint density at radius 2 is 1.50 bits per heavy atom. The van der Waals surface area contributed by atoms with Gasteiger partial charge in [-0.05, 0) is 33.2 Å². The van der Waals surface area contributed by atoms with Gasteiger partial charge in [0.1, 0.15) is 0 Å². The van der Waals surface area contributed by atoms with Crippen LogP contribution in [0.2, 0.25) is 0 Å². The van der Waals surface area contributed by atoms with Gasteiger partial charge in [-0.15, -0.1) is 0 Å². The number of rotatable bonds is 1. The summed E-state index contributed by atoms with van der Waals surface area (Å²) in [6.45, 7) is 0. The molecule has 0 spiro atoms. The molecule has 3 aromatic rings. The molecule has 18 heavy (non-hydrogen) atoms. The van der Waals surface area contributed by atoms with Crippen LogP contribution in [0.25, 0.3) is 21.5 Å². The average Bonchev–Trinajstić information content (AvgIpc) is 2.38. The number of carbonyl (C=O) groups excluding carboxylic acids is 1. The van der Waals surface area contributed by atoms with Crippen LogP contribution < -0.4 is 34.7 Å². The molecule has 82 valence electrons. The van der Waals surface area contributed by atoms with Gasteiger partial charge in [0.15, 0.2) is 0 Å². The van der Waals surface area contributed by atoms with E-state index in [1.165, 1.54) is 0 Å². The molecule has 0 saturated heterocycles. The van der Waals surface area contributed by atoms with Gasteiger partial charge < -0.3 is 9.90 Å². The summed E-state index contributed by atoms with van der Waals surface area (Å²) in [6, 6.07) is 17.1. The number of benzene rings is 3. The van der Waals surface area contributed by atoms with E-state index in [0.717, 1.165) is 21.5 Å². The Bertz CT molecular complexity index is 735. The van der Waals surface area contributed by atoms with Crippen LogP contribution in [0, 0.1) is 0 Å². The summed E-state index contributed by atoms with van der Waals surface area (Å²) in [7, 11) is 0. The van der Waals surface area contributed by atoms with Crippen molar-refractivity contribution in [1.29, 1.82) is 0 Å². The van der Waals surface area contributed by atoms with E-state index in [2.05, 4.69) is 0 Å². The van der Waals surface area contributed by atoms with Crippen molar-refractivity contribution in [2.24, 2.45) is 0 Å². The summed E-state index contributed by atoms with van der Waals surface area (Å²) in [5, 5.41) is 15.1. The zero-order valence-corrected chi connectivity index (χ0v) is 12.0. The summed E-state index contributed by atoms with van der Waals surface area (Å²) in [5.74, 6) is -1.14. The number of aromatic carboxylic acids is 1. The molecular formula is C15H9NaO2. The van der Waals surface area contributed by atoms with Gasteiger partial charge in [-0.3, -0.25) is 0 Å². The summed E-state index contributed by atoms with van der Waals surface area (Å²) < 4.78 is 0. The monoisotopic (exact) mass is 244 g/mol. The molecule has 2 nitrogen and oxygen atoms in total. The predicted molar refractivity (Wildman–Crippen MR) is 65.8 cm³/mol. The van der Waals surface area contributed by atoms with E-state index in [1.807, 2.05) is 42.5 Å². The molecule has 0 aliphatic rings. The fourth-order valence-electron chi connectivity index (χ4n) is 2.14. The average molecular weight is 244 g/mol. The van der Waals surface area contributed by atoms with Crippen LogP contribution in [0.1, 0.15) is 10.4 Å². The number of carbonyl (C=O) groups is 1. The summed E-state index contributed by atoms with van der Waals surface area (Å²) in [4.78, 5) is 10.8. The first-order valence-electron chi connectivity index (χ1n) is 5.38. The Labute approximate surface area is 127 Å². The fraction of sp³-hybridized carbons (Fsp3) is 0. The Kier molecular flexibility index (Phi) is 3.71. The van der Waals surface area contributed by atoms with Crippen molar-refractivity contribution < 1.29 is 39.5 Å². The normalized spacial score (nSPS) is 10.2. The molecule has 0 radical (unpaired) electrons. The van der Waals surface area contributed by atoms with E-state index in [9.17, 15) is 9.90 Å². The van der Waals surface area contributed by atoms with Crippen molar-refractivity contribution in [3.63, 3.8) is 0 Å². The molecule has 0 heterocycles. The van der Waals surface area contributed by atoms with Crippen molar-refractivity contribution in [2.75, 3.05) is 0 Å². The number of hydrogen-bond donors (Lipinski definition) is 0. The minimum absolute atomic E-state index is 0. The maximum atomic E-state index is 10.8. The molecule has 0 aliphatic heterocycles. The fourth-order valence-corrected chi connectivity index (χ4v) is 2.14. The standard InChI is InChI=1S/C15H10O2.Na/c16-15(17)12-7-8-14-11(9-12)6-5-10-3-1-2-4-13(10)14;/h1-9H,(H,16,17);/q;+1/p-1. The molecule has 0 unspecified atom stereocenters. The minimum atomic E-state index is -1.14. The largest absolute Gasteiger partial charge is 1.00 e. The van der Waals surface area contributed by atoms with Crippen LogP contribution in [0.4, 0.5) is 0 Å². The molecular weight excluding hydrogens is 235 g/mol. The Hall–Kier alpha value is -1.35. The molecule has 3 rings (SSSR count). The molecule has 0 aromatic heterocycles. The molecule has 0 atom stereocenters. The van der Waals surface area contributed by atoms with Crippen molar-refractivity contribution in [2.45, 2.75) is 0 Å². The molecule has 0 saturated carbocycles. The maximum absolute atomic E-state index is 10.8. The molecule has 0 amide bonds. The number of hydrogen-bond acceptors (Lipinski definition) is 2. The van der Waals surface area contributed by atoms with E-state index < -0.39 is 5.97 Å². The van der Waals surface area contributed by atoms with E-state index in [0.29, 0.717) is 0 Å². The zero-order chi connectivity index (χ0) is 11.8. The summed E-state index contributed by atoms with van der Waals surface area (Å²) in [5.41, 5.74) is 0.216. The Morgan fingerprint density at radius 3 is 2.28 bits per heavy atom. The smallest absolute Gasteiger partial charge is 0.545 e. The van der Waals surface area contributed by atoms with Crippen molar-refractivity contribution in [1.82, 2.24) is 0 Å². The van der Waals surface area contributed by atoms with Crippen LogP contribution in [0.3, 0.4) is 0 Å². The third-order valence-electron chi connectivity index (χ3n) is 2.98. The molecule has 3 aromatic carbocycles. The van der Waals surface area contributed by atoms with Crippen molar-refractivity contribution >= 4 is 27.5 Å². The first-order chi connectivity index (χ1) is 8.25. The molecule has 0 fully saturated rings. The van der Waals surface area contributed by atoms with Crippen LogP contribution in [-0.4, -0.2) is 5.97 Å². The Morgan fingerprint density at radius 1 is 0.833 bits per heavy atom. The minimum Gasteiger partial charge on any atom is -0.545 e. The molecule has 3 heteroatoms. The van der Waals surface area contributed by atoms with Gasteiger partial charge in [-0.1, -0.05) is 48.5 Å². The third kappa shape index (κ3) is 2.15. The van der Waals surface area contributed by atoms with Gasteiger partial charge in [0.25, 0.3) is 0 Å². The first kappa shape index (κ1) is 13.1. The predicted octanol–water partition coefficient (Wildman–Crippen LogP) is -0.640. The van der Waals surface area contributed by atoms with Crippen LogP contribution >= 0.6 is 0 Å². The quantitative estimate of drug-likeness (QED) is 0.422. The van der Waals surface area contributed by atoms with E-state index in [-0.39, 0.29) is 35.1 Å². The number of carboxylic acids is 1. The van der Waals surface area contributed by atoms with Gasteiger partial charge >= 0.3 is 29.6 Å². The number of fused-ring (bicyclic) bond motifs is 3. The molecule has 0 N–H and O–H groups in total. The summed E-state index contributed by atoms with van der Waals surface area (Å²) >= 11 is 0. The van der Waals surface area contributed by atoms with Gasteiger partial charge in [0.2, 0.25) is 0 Å². The van der Waals surface area contributed by atoms with Crippen molar-refractivity contribution in [3.05, 3.63) is 60.2 Å². The topological polar surface area (TPSA) is 40.1 Å². The number of carboxylic acid groups (broad SMARTS) is 1. The second-order valence-corrected chi connectivity index (χ2v) is 4.01. The zero-order valence-electron chi connectivity index (χ0n) is 10.0. The maximum Gasteiger partial charge on any atom is 1.00 e. The Balaban J connectivity index is 0.00000120. The van der Waals surface area contributed by atoms with Crippen LogP contribution in [0.5, 0.6) is 0 Å². The second-order valence-electron chi connectivity index (χ2n) is 4.01. The molecule has 0 bridgehead atoms. The third-order valence-corrected chi connectivity index (χ3v) is 2.98. The van der Waals surface area contributed by atoms with Crippen LogP contribution in [0.15, 0.2) is 54.6 Å². The van der Waals surface area contributed by atoms with Gasteiger partial charge in [-0.2, -0.15) is 0 Å². The first-order valence-corrected chi connectivity index (χ1v) is 5.38. The molecule has 0 aliphatic carbocycles. The van der Waals surface area contributed by atoms with Crippen molar-refractivity contribution in [3.8, 4) is 0 Å². The van der Waals surface area contributed by atoms with E-state index in [4.69, 9.17) is 0 Å².